The molecular formula is C25H28N2O6. The molecule has 8 heteroatoms. The van der Waals surface area contributed by atoms with Crippen molar-refractivity contribution in [3.05, 3.63) is 47.5 Å². The molecule has 0 aromatic heterocycles. The van der Waals surface area contributed by atoms with Crippen molar-refractivity contribution in [1.82, 2.24) is 10.2 Å². The lowest BCUT2D eigenvalue weighted by Crippen LogP contribution is -2.35. The molecule has 0 bridgehead atoms. The van der Waals surface area contributed by atoms with Crippen LogP contribution in [0.25, 0.3) is 0 Å². The summed E-state index contributed by atoms with van der Waals surface area (Å²) in [6.07, 6.45) is 1.87. The monoisotopic (exact) mass is 452 g/mol. The van der Waals surface area contributed by atoms with E-state index in [4.69, 9.17) is 18.9 Å². The zero-order chi connectivity index (χ0) is 22.9. The number of hydrogen-bond donors (Lipinski definition) is 1. The number of likely N-dealkylation sites (tertiary alicyclic amines) is 1. The van der Waals surface area contributed by atoms with E-state index in [9.17, 15) is 9.59 Å². The second-order valence-corrected chi connectivity index (χ2v) is 8.74. The first-order valence-electron chi connectivity index (χ1n) is 11.2. The first-order chi connectivity index (χ1) is 16.1. The fraction of sp³-hybridized carbons (Fsp3) is 0.440. The Morgan fingerprint density at radius 1 is 1.03 bits per heavy atom. The van der Waals surface area contributed by atoms with Gasteiger partial charge >= 0.3 is 0 Å². The predicted molar refractivity (Wildman–Crippen MR) is 119 cm³/mol. The maximum Gasteiger partial charge on any atom is 0.231 e. The lowest BCUT2D eigenvalue weighted by Gasteiger charge is -2.21. The number of hydrogen-bond acceptors (Lipinski definition) is 6. The molecule has 2 atom stereocenters. The molecule has 1 saturated heterocycles. The number of rotatable bonds is 7. The van der Waals surface area contributed by atoms with Crippen LogP contribution in [-0.2, 0) is 16.1 Å². The molecule has 2 heterocycles. The highest BCUT2D eigenvalue weighted by Crippen LogP contribution is 2.41. The average Bonchev–Trinajstić information content (AvgIpc) is 3.43. The van der Waals surface area contributed by atoms with Gasteiger partial charge in [0.2, 0.25) is 18.6 Å². The molecule has 8 nitrogen and oxygen atoms in total. The van der Waals surface area contributed by atoms with E-state index in [0.29, 0.717) is 42.6 Å². The van der Waals surface area contributed by atoms with Crippen molar-refractivity contribution in [1.29, 1.82) is 0 Å². The minimum Gasteiger partial charge on any atom is -0.497 e. The molecule has 33 heavy (non-hydrogen) atoms. The smallest absolute Gasteiger partial charge is 0.231 e. The Kier molecular flexibility index (Phi) is 5.74. The van der Waals surface area contributed by atoms with E-state index in [0.717, 1.165) is 24.0 Å². The Bertz CT molecular complexity index is 1070. The summed E-state index contributed by atoms with van der Waals surface area (Å²) in [5.74, 6) is 2.39. The van der Waals surface area contributed by atoms with Crippen LogP contribution < -0.4 is 24.3 Å². The number of ether oxygens (including phenoxy) is 4. The fourth-order valence-electron chi connectivity index (χ4n) is 4.65. The van der Waals surface area contributed by atoms with Crippen LogP contribution in [0.4, 0.5) is 0 Å². The highest BCUT2D eigenvalue weighted by molar-refractivity contribution is 5.85. The van der Waals surface area contributed by atoms with Gasteiger partial charge in [-0.1, -0.05) is 12.1 Å². The van der Waals surface area contributed by atoms with E-state index in [-0.39, 0.29) is 36.4 Å². The molecule has 0 radical (unpaired) electrons. The molecule has 2 aliphatic heterocycles. The Morgan fingerprint density at radius 3 is 2.61 bits per heavy atom. The molecule has 0 spiro atoms. The number of carbonyl (C=O) groups excluding carboxylic acids is 2. The largest absolute Gasteiger partial charge is 0.497 e. The molecule has 2 aromatic carbocycles. The summed E-state index contributed by atoms with van der Waals surface area (Å²) in [6.45, 7) is 1.49. The summed E-state index contributed by atoms with van der Waals surface area (Å²) in [4.78, 5) is 28.0. The van der Waals surface area contributed by atoms with Gasteiger partial charge in [0, 0.05) is 43.1 Å². The predicted octanol–water partition coefficient (Wildman–Crippen LogP) is 2.70. The maximum absolute atomic E-state index is 13.3. The lowest BCUT2D eigenvalue weighted by atomic mass is 9.87. The summed E-state index contributed by atoms with van der Waals surface area (Å²) in [7, 11) is 3.21. The molecule has 1 saturated carbocycles. The quantitative estimate of drug-likeness (QED) is 0.695. The standard InChI is InChI=1S/C25H28N2O6/c1-30-17-6-7-18(22(10-17)31-2)19-12-27(25(29)16-4-5-16)13-20(19)24(28)26-11-15-3-8-21-23(9-15)33-14-32-21/h3,6-10,16,19-20H,4-5,11-14H2,1-2H3,(H,26,28)/t19-,20+/m0/s1. The van der Waals surface area contributed by atoms with Crippen LogP contribution in [0.1, 0.15) is 29.9 Å². The number of nitrogens with zero attached hydrogens (tertiary/aromatic N) is 1. The van der Waals surface area contributed by atoms with Gasteiger partial charge in [0.1, 0.15) is 11.5 Å². The zero-order valence-corrected chi connectivity index (χ0v) is 18.8. The number of nitrogens with one attached hydrogen (secondary N) is 1. The molecule has 2 amide bonds. The molecule has 3 aliphatic rings. The number of amides is 2. The minimum absolute atomic E-state index is 0.0818. The number of carbonyl (C=O) groups is 2. The molecule has 2 aromatic rings. The van der Waals surface area contributed by atoms with E-state index in [1.165, 1.54) is 0 Å². The first-order valence-corrected chi connectivity index (χ1v) is 11.2. The third-order valence-corrected chi connectivity index (χ3v) is 6.64. The SMILES string of the molecule is COc1ccc([C@@H]2CN(C(=O)C3CC3)C[C@H]2C(=O)NCc2ccc3c(c2)OCO3)c(OC)c1. The van der Waals surface area contributed by atoms with Gasteiger partial charge in [0.05, 0.1) is 20.1 Å². The molecule has 5 rings (SSSR count). The van der Waals surface area contributed by atoms with Gasteiger partial charge in [-0.3, -0.25) is 9.59 Å². The second-order valence-electron chi connectivity index (χ2n) is 8.74. The van der Waals surface area contributed by atoms with E-state index in [1.807, 2.05) is 41.3 Å². The normalized spacial score (nSPS) is 21.1. The van der Waals surface area contributed by atoms with Crippen molar-refractivity contribution in [2.75, 3.05) is 34.1 Å². The van der Waals surface area contributed by atoms with Crippen molar-refractivity contribution in [3.63, 3.8) is 0 Å². The minimum atomic E-state index is -0.371. The highest BCUT2D eigenvalue weighted by atomic mass is 16.7. The van der Waals surface area contributed by atoms with Gasteiger partial charge in [0.15, 0.2) is 11.5 Å². The van der Waals surface area contributed by atoms with Crippen molar-refractivity contribution in [2.45, 2.75) is 25.3 Å². The van der Waals surface area contributed by atoms with Crippen LogP contribution in [0.2, 0.25) is 0 Å². The summed E-state index contributed by atoms with van der Waals surface area (Å²) in [5.41, 5.74) is 1.84. The van der Waals surface area contributed by atoms with Crippen LogP contribution >= 0.6 is 0 Å². The van der Waals surface area contributed by atoms with E-state index in [1.54, 1.807) is 14.2 Å². The second kappa shape index (κ2) is 8.84. The van der Waals surface area contributed by atoms with Crippen molar-refractivity contribution < 1.29 is 28.5 Å². The Morgan fingerprint density at radius 2 is 1.85 bits per heavy atom. The van der Waals surface area contributed by atoms with E-state index >= 15 is 0 Å². The number of fused-ring (bicyclic) bond motifs is 1. The van der Waals surface area contributed by atoms with Gasteiger partial charge < -0.3 is 29.2 Å². The average molecular weight is 453 g/mol. The van der Waals surface area contributed by atoms with Gasteiger partial charge in [-0.2, -0.15) is 0 Å². The third kappa shape index (κ3) is 4.29. The lowest BCUT2D eigenvalue weighted by molar-refractivity contribution is -0.132. The highest BCUT2D eigenvalue weighted by Gasteiger charge is 2.44. The van der Waals surface area contributed by atoms with Crippen LogP contribution in [0, 0.1) is 11.8 Å². The molecular weight excluding hydrogens is 424 g/mol. The Labute approximate surface area is 192 Å². The summed E-state index contributed by atoms with van der Waals surface area (Å²) >= 11 is 0. The molecule has 1 aliphatic carbocycles. The maximum atomic E-state index is 13.3. The van der Waals surface area contributed by atoms with Gasteiger partial charge in [-0.25, -0.2) is 0 Å². The van der Waals surface area contributed by atoms with E-state index in [2.05, 4.69) is 5.32 Å². The van der Waals surface area contributed by atoms with Gasteiger partial charge in [-0.15, -0.1) is 0 Å². The van der Waals surface area contributed by atoms with Gasteiger partial charge in [0.25, 0.3) is 0 Å². The Hall–Kier alpha value is -3.42. The molecule has 2 fully saturated rings. The Balaban J connectivity index is 1.35. The molecule has 174 valence electrons. The van der Waals surface area contributed by atoms with Crippen LogP contribution in [0.5, 0.6) is 23.0 Å². The van der Waals surface area contributed by atoms with Gasteiger partial charge in [-0.05, 0) is 36.6 Å². The fourth-order valence-corrected chi connectivity index (χ4v) is 4.65. The summed E-state index contributed by atoms with van der Waals surface area (Å²) < 4.78 is 21.7. The molecule has 1 N–H and O–H groups in total. The molecule has 0 unspecified atom stereocenters. The van der Waals surface area contributed by atoms with Crippen molar-refractivity contribution >= 4 is 11.8 Å². The summed E-state index contributed by atoms with van der Waals surface area (Å²) in [6, 6.07) is 11.3. The van der Waals surface area contributed by atoms with Crippen molar-refractivity contribution in [3.8, 4) is 23.0 Å². The zero-order valence-electron chi connectivity index (χ0n) is 18.8. The first kappa shape index (κ1) is 21.4. The van der Waals surface area contributed by atoms with E-state index < -0.39 is 0 Å². The summed E-state index contributed by atoms with van der Waals surface area (Å²) in [5, 5.41) is 3.06. The van der Waals surface area contributed by atoms with Crippen LogP contribution in [0.15, 0.2) is 36.4 Å². The van der Waals surface area contributed by atoms with Crippen molar-refractivity contribution in [2.24, 2.45) is 11.8 Å². The number of benzene rings is 2. The number of methoxy groups -OCH3 is 2. The third-order valence-electron chi connectivity index (χ3n) is 6.64. The topological polar surface area (TPSA) is 86.3 Å². The van der Waals surface area contributed by atoms with Crippen LogP contribution in [-0.4, -0.2) is 50.8 Å². The van der Waals surface area contributed by atoms with Crippen LogP contribution in [0.3, 0.4) is 0 Å².